The topological polar surface area (TPSA) is 9.23 Å². The zero-order valence-electron chi connectivity index (χ0n) is 9.01. The van der Waals surface area contributed by atoms with E-state index in [2.05, 4.69) is 0 Å². The van der Waals surface area contributed by atoms with Crippen LogP contribution in [0.1, 0.15) is 18.6 Å². The summed E-state index contributed by atoms with van der Waals surface area (Å²) >= 11 is 0. The quantitative estimate of drug-likeness (QED) is 0.646. The van der Waals surface area contributed by atoms with Gasteiger partial charge in [-0.25, -0.2) is 0 Å². The first-order valence-corrected chi connectivity index (χ1v) is 4.27. The fourth-order valence-electron chi connectivity index (χ4n) is 1.12. The van der Waals surface area contributed by atoms with Crippen LogP contribution in [0.4, 0.5) is 12.9 Å². The standard InChI is InChI=1S/C9H11BF3O.K/c1-7(14-2)8-3-5-9(6-4-8)10(11,12)13;/h3-7H,1-2H3;/q-1;+1. The Balaban J connectivity index is 0.00000196. The van der Waals surface area contributed by atoms with E-state index in [4.69, 9.17) is 4.74 Å². The molecule has 0 radical (unpaired) electrons. The predicted octanol–water partition coefficient (Wildman–Crippen LogP) is -0.548. The summed E-state index contributed by atoms with van der Waals surface area (Å²) in [5.41, 5.74) is 0.174. The Labute approximate surface area is 130 Å². The Kier molecular flexibility index (Phi) is 6.70. The van der Waals surface area contributed by atoms with Gasteiger partial charge in [-0.1, -0.05) is 24.3 Å². The maximum Gasteiger partial charge on any atom is 1.00 e. The van der Waals surface area contributed by atoms with Crippen LogP contribution in [-0.2, 0) is 4.74 Å². The molecule has 0 aliphatic rings. The third-order valence-corrected chi connectivity index (χ3v) is 2.14. The van der Waals surface area contributed by atoms with Crippen LogP contribution >= 0.6 is 0 Å². The van der Waals surface area contributed by atoms with Crippen molar-refractivity contribution in [2.75, 3.05) is 7.11 Å². The van der Waals surface area contributed by atoms with E-state index in [9.17, 15) is 12.9 Å². The minimum absolute atomic E-state index is 0. The van der Waals surface area contributed by atoms with Crippen molar-refractivity contribution in [3.63, 3.8) is 0 Å². The van der Waals surface area contributed by atoms with Crippen molar-refractivity contribution in [2.45, 2.75) is 13.0 Å². The Bertz CT molecular complexity index is 299. The molecule has 0 fully saturated rings. The normalized spacial score (nSPS) is 13.1. The predicted molar refractivity (Wildman–Crippen MR) is 50.6 cm³/mol. The smallest absolute Gasteiger partial charge is 0.445 e. The van der Waals surface area contributed by atoms with Crippen molar-refractivity contribution in [1.29, 1.82) is 0 Å². The van der Waals surface area contributed by atoms with Crippen molar-refractivity contribution in [3.8, 4) is 0 Å². The molecule has 0 bridgehead atoms. The van der Waals surface area contributed by atoms with Gasteiger partial charge in [-0.2, -0.15) is 0 Å². The fourth-order valence-corrected chi connectivity index (χ4v) is 1.12. The summed E-state index contributed by atoms with van der Waals surface area (Å²) in [5.74, 6) is 0. The molecule has 1 nitrogen and oxygen atoms in total. The molecule has 1 aromatic carbocycles. The fraction of sp³-hybridized carbons (Fsp3) is 0.333. The van der Waals surface area contributed by atoms with Gasteiger partial charge in [0, 0.05) is 7.11 Å². The maximum absolute atomic E-state index is 12.2. The number of halogens is 3. The summed E-state index contributed by atoms with van der Waals surface area (Å²) in [6.45, 7) is -3.10. The molecule has 0 saturated heterocycles. The van der Waals surface area contributed by atoms with E-state index in [0.29, 0.717) is 0 Å². The van der Waals surface area contributed by atoms with Gasteiger partial charge < -0.3 is 17.7 Å². The SMILES string of the molecule is COC(C)c1ccc([B-](F)(F)F)cc1.[K+]. The van der Waals surface area contributed by atoms with E-state index in [-0.39, 0.29) is 57.5 Å². The summed E-state index contributed by atoms with van der Waals surface area (Å²) in [4.78, 5) is 0. The minimum Gasteiger partial charge on any atom is -0.445 e. The Morgan fingerprint density at radius 3 is 1.93 bits per heavy atom. The van der Waals surface area contributed by atoms with E-state index in [0.717, 1.165) is 17.7 Å². The number of rotatable bonds is 3. The summed E-state index contributed by atoms with van der Waals surface area (Å²) in [6.07, 6.45) is -0.176. The van der Waals surface area contributed by atoms with E-state index in [1.807, 2.05) is 0 Å². The van der Waals surface area contributed by atoms with E-state index in [1.165, 1.54) is 19.2 Å². The van der Waals surface area contributed by atoms with Gasteiger partial charge in [0.25, 0.3) is 0 Å². The van der Waals surface area contributed by atoms with Gasteiger partial charge >= 0.3 is 58.4 Å². The molecule has 1 rings (SSSR count). The van der Waals surface area contributed by atoms with Crippen LogP contribution in [0.15, 0.2) is 24.3 Å². The van der Waals surface area contributed by atoms with E-state index < -0.39 is 12.4 Å². The first kappa shape index (κ1) is 15.7. The maximum atomic E-state index is 12.2. The summed E-state index contributed by atoms with van der Waals surface area (Å²) in [7, 11) is 1.52. The molecular formula is C9H11BF3KO. The second-order valence-corrected chi connectivity index (χ2v) is 3.12. The first-order valence-electron chi connectivity index (χ1n) is 4.27. The van der Waals surface area contributed by atoms with Crippen LogP contribution in [0.2, 0.25) is 0 Å². The number of hydrogen-bond acceptors (Lipinski definition) is 1. The molecule has 1 unspecified atom stereocenters. The number of methoxy groups -OCH3 is 1. The molecule has 6 heteroatoms. The van der Waals surface area contributed by atoms with Crippen LogP contribution < -0.4 is 56.8 Å². The second kappa shape index (κ2) is 6.42. The molecule has 0 aliphatic carbocycles. The van der Waals surface area contributed by atoms with Crippen molar-refractivity contribution in [2.24, 2.45) is 0 Å². The van der Waals surface area contributed by atoms with Gasteiger partial charge in [-0.05, 0) is 12.5 Å². The number of ether oxygens (including phenoxy) is 1. The van der Waals surface area contributed by atoms with E-state index in [1.54, 1.807) is 6.92 Å². The largest absolute Gasteiger partial charge is 1.00 e. The average molecular weight is 242 g/mol. The van der Waals surface area contributed by atoms with Gasteiger partial charge in [0.2, 0.25) is 0 Å². The average Bonchev–Trinajstić information content (AvgIpc) is 2.15. The van der Waals surface area contributed by atoms with Crippen molar-refractivity contribution >= 4 is 12.4 Å². The molecular weight excluding hydrogens is 231 g/mol. The first-order chi connectivity index (χ1) is 6.45. The molecule has 0 aliphatic heterocycles. The van der Waals surface area contributed by atoms with Crippen LogP contribution in [0, 0.1) is 0 Å². The summed E-state index contributed by atoms with van der Waals surface area (Å²) in [5, 5.41) is 0. The summed E-state index contributed by atoms with van der Waals surface area (Å²) in [6, 6.07) is 5.06. The second-order valence-electron chi connectivity index (χ2n) is 3.12. The molecule has 0 saturated carbocycles. The zero-order chi connectivity index (χ0) is 10.8. The van der Waals surface area contributed by atoms with Gasteiger partial charge in [-0.3, -0.25) is 0 Å². The zero-order valence-corrected chi connectivity index (χ0v) is 12.1. The van der Waals surface area contributed by atoms with Crippen LogP contribution in [0.25, 0.3) is 0 Å². The third-order valence-electron chi connectivity index (χ3n) is 2.14. The minimum atomic E-state index is -4.89. The Morgan fingerprint density at radius 2 is 1.60 bits per heavy atom. The van der Waals surface area contributed by atoms with E-state index >= 15 is 0 Å². The van der Waals surface area contributed by atoms with Crippen molar-refractivity contribution in [1.82, 2.24) is 0 Å². The van der Waals surface area contributed by atoms with Gasteiger partial charge in [-0.15, -0.1) is 5.46 Å². The number of benzene rings is 1. The molecule has 0 amide bonds. The molecule has 0 aromatic heterocycles. The third kappa shape index (κ3) is 4.58. The molecule has 78 valence electrons. The van der Waals surface area contributed by atoms with Crippen LogP contribution in [0.5, 0.6) is 0 Å². The van der Waals surface area contributed by atoms with Gasteiger partial charge in [0.05, 0.1) is 6.10 Å². The Morgan fingerprint density at radius 1 is 1.13 bits per heavy atom. The Hall–Kier alpha value is 0.671. The molecule has 15 heavy (non-hydrogen) atoms. The molecule has 0 heterocycles. The number of hydrogen-bond donors (Lipinski definition) is 0. The monoisotopic (exact) mass is 242 g/mol. The van der Waals surface area contributed by atoms with Gasteiger partial charge in [0.1, 0.15) is 0 Å². The molecule has 1 atom stereocenters. The van der Waals surface area contributed by atoms with Crippen molar-refractivity contribution in [3.05, 3.63) is 29.8 Å². The van der Waals surface area contributed by atoms with Gasteiger partial charge in [0.15, 0.2) is 0 Å². The van der Waals surface area contributed by atoms with Crippen LogP contribution in [-0.4, -0.2) is 14.1 Å². The van der Waals surface area contributed by atoms with Crippen LogP contribution in [0.3, 0.4) is 0 Å². The molecule has 1 aromatic rings. The summed E-state index contributed by atoms with van der Waals surface area (Å²) < 4.78 is 41.7. The molecule has 0 spiro atoms. The van der Waals surface area contributed by atoms with Crippen molar-refractivity contribution < 1.29 is 69.1 Å². The molecule has 0 N–H and O–H groups in total.